The van der Waals surface area contributed by atoms with Gasteiger partial charge in [-0.2, -0.15) is 0 Å². The fourth-order valence-corrected chi connectivity index (χ4v) is 7.73. The molecule has 3 aromatic carbocycles. The van der Waals surface area contributed by atoms with Crippen molar-refractivity contribution in [3.05, 3.63) is 100 Å². The van der Waals surface area contributed by atoms with E-state index in [1.807, 2.05) is 80.6 Å². The van der Waals surface area contributed by atoms with Crippen molar-refractivity contribution in [2.24, 2.45) is 17.8 Å². The monoisotopic (exact) mass is 618 g/mol. The number of para-hydroxylation sites is 1. The molecule has 1 aliphatic carbocycles. The number of hydrogen-bond acceptors (Lipinski definition) is 6. The summed E-state index contributed by atoms with van der Waals surface area (Å²) in [5.41, 5.74) is 8.64. The fourth-order valence-electron chi connectivity index (χ4n) is 7.73. The lowest BCUT2D eigenvalue weighted by Gasteiger charge is -2.43. The van der Waals surface area contributed by atoms with Crippen LogP contribution in [-0.2, 0) is 14.2 Å². The number of carbonyl (C=O) groups is 2. The molecule has 2 aliphatic heterocycles. The van der Waals surface area contributed by atoms with Crippen LogP contribution in [0.4, 0.5) is 17.1 Å². The zero-order valence-corrected chi connectivity index (χ0v) is 27.1. The molecule has 2 saturated heterocycles. The second-order valence-electron chi connectivity index (χ2n) is 13.1. The van der Waals surface area contributed by atoms with Crippen LogP contribution in [0.15, 0.2) is 83.4 Å². The minimum Gasteiger partial charge on any atom is -0.507 e. The molecule has 8 heteroatoms. The molecule has 0 saturated carbocycles. The molecular formula is C38H43BN2O5. The standard InChI is InChI=1S/C38H43BN2O5/c1-5-9-27-21-31-35(38(44)41(37(31)43)30-15-13-29(14-16-30)40-28-10-7-6-8-11-28)32-22-39(45)46-33(34(27)32)17-12-23(2)18-26-19-24(3)36(42)25(4)20-26/h6-8,10-11,13-16,18-20,31-33,35,40,42,45H,5,9,12,17,21-22H2,1-4H3/b23-18+/t31-,32+,33-,35-/m1/s1. The number of aryl methyl sites for hydroxylation is 2. The molecule has 7 nitrogen and oxygen atoms in total. The summed E-state index contributed by atoms with van der Waals surface area (Å²) < 4.78 is 6.19. The topological polar surface area (TPSA) is 99.1 Å². The number of hydrogen-bond donors (Lipinski definition) is 3. The highest BCUT2D eigenvalue weighted by Crippen LogP contribution is 2.52. The van der Waals surface area contributed by atoms with Gasteiger partial charge < -0.3 is 20.1 Å². The van der Waals surface area contributed by atoms with Crippen LogP contribution in [0.1, 0.15) is 62.6 Å². The van der Waals surface area contributed by atoms with Gasteiger partial charge in [0.25, 0.3) is 0 Å². The van der Waals surface area contributed by atoms with E-state index in [9.17, 15) is 19.7 Å². The van der Waals surface area contributed by atoms with Crippen LogP contribution in [0.3, 0.4) is 0 Å². The number of amides is 2. The minimum atomic E-state index is -0.993. The lowest BCUT2D eigenvalue weighted by atomic mass is 9.58. The number of phenols is 1. The first kappa shape index (κ1) is 31.8. The molecule has 238 valence electrons. The second-order valence-corrected chi connectivity index (χ2v) is 13.1. The van der Waals surface area contributed by atoms with E-state index in [1.165, 1.54) is 16.0 Å². The van der Waals surface area contributed by atoms with Gasteiger partial charge in [-0.05, 0) is 129 Å². The largest absolute Gasteiger partial charge is 0.507 e. The van der Waals surface area contributed by atoms with Gasteiger partial charge in [-0.25, -0.2) is 0 Å². The van der Waals surface area contributed by atoms with Crippen LogP contribution in [-0.4, -0.2) is 35.2 Å². The maximum atomic E-state index is 14.1. The first-order chi connectivity index (χ1) is 22.1. The predicted molar refractivity (Wildman–Crippen MR) is 184 cm³/mol. The van der Waals surface area contributed by atoms with Gasteiger partial charge in [-0.1, -0.05) is 48.8 Å². The Labute approximate surface area is 272 Å². The average molecular weight is 619 g/mol. The van der Waals surface area contributed by atoms with Gasteiger partial charge in [-0.15, -0.1) is 0 Å². The Kier molecular flexibility index (Phi) is 9.21. The number of benzene rings is 3. The minimum absolute atomic E-state index is 0.151. The summed E-state index contributed by atoms with van der Waals surface area (Å²) in [5.74, 6) is -1.18. The zero-order chi connectivity index (χ0) is 32.5. The van der Waals surface area contributed by atoms with Crippen LogP contribution in [0.5, 0.6) is 5.75 Å². The summed E-state index contributed by atoms with van der Waals surface area (Å²) in [7, 11) is -0.993. The van der Waals surface area contributed by atoms with Gasteiger partial charge in [0.15, 0.2) is 0 Å². The molecule has 0 bridgehead atoms. The highest BCUT2D eigenvalue weighted by Gasteiger charge is 2.57. The molecule has 6 rings (SSSR count). The molecule has 3 aromatic rings. The first-order valence-corrected chi connectivity index (χ1v) is 16.5. The van der Waals surface area contributed by atoms with Crippen molar-refractivity contribution in [1.29, 1.82) is 0 Å². The van der Waals surface area contributed by atoms with Gasteiger partial charge in [0.2, 0.25) is 11.8 Å². The predicted octanol–water partition coefficient (Wildman–Crippen LogP) is 7.74. The third-order valence-electron chi connectivity index (χ3n) is 9.78. The van der Waals surface area contributed by atoms with Crippen LogP contribution in [0.25, 0.3) is 6.08 Å². The second kappa shape index (κ2) is 13.3. The Morgan fingerprint density at radius 3 is 2.35 bits per heavy atom. The Morgan fingerprint density at radius 2 is 1.67 bits per heavy atom. The third-order valence-corrected chi connectivity index (χ3v) is 9.78. The highest BCUT2D eigenvalue weighted by atomic mass is 16.5. The van der Waals surface area contributed by atoms with Gasteiger partial charge >= 0.3 is 7.12 Å². The number of allylic oxidation sites excluding steroid dienone is 2. The van der Waals surface area contributed by atoms with E-state index in [1.54, 1.807) is 0 Å². The molecule has 2 fully saturated rings. The lowest BCUT2D eigenvalue weighted by Crippen LogP contribution is -2.46. The van der Waals surface area contributed by atoms with E-state index in [2.05, 4.69) is 25.2 Å². The molecule has 0 unspecified atom stereocenters. The number of anilines is 3. The summed E-state index contributed by atoms with van der Waals surface area (Å²) >= 11 is 0. The Morgan fingerprint density at radius 1 is 1.00 bits per heavy atom. The molecular weight excluding hydrogens is 575 g/mol. The van der Waals surface area contributed by atoms with Crippen molar-refractivity contribution >= 4 is 42.1 Å². The van der Waals surface area contributed by atoms with E-state index >= 15 is 0 Å². The zero-order valence-electron chi connectivity index (χ0n) is 27.1. The summed E-state index contributed by atoms with van der Waals surface area (Å²) in [6.45, 7) is 8.03. The van der Waals surface area contributed by atoms with Crippen molar-refractivity contribution in [3.63, 3.8) is 0 Å². The maximum absolute atomic E-state index is 14.1. The van der Waals surface area contributed by atoms with E-state index in [0.29, 0.717) is 30.6 Å². The van der Waals surface area contributed by atoms with Crippen LogP contribution >= 0.6 is 0 Å². The van der Waals surface area contributed by atoms with Gasteiger partial charge in [0, 0.05) is 11.4 Å². The Hall–Kier alpha value is -4.14. The van der Waals surface area contributed by atoms with Crippen LogP contribution in [0, 0.1) is 31.6 Å². The number of nitrogens with zero attached hydrogens (tertiary/aromatic N) is 1. The molecule has 4 atom stereocenters. The average Bonchev–Trinajstić information content (AvgIpc) is 3.28. The third kappa shape index (κ3) is 6.29. The molecule has 0 spiro atoms. The fraction of sp³-hybridized carbons (Fsp3) is 0.368. The van der Waals surface area contributed by atoms with E-state index in [4.69, 9.17) is 4.65 Å². The van der Waals surface area contributed by atoms with Gasteiger partial charge in [0.05, 0.1) is 23.6 Å². The number of carbonyl (C=O) groups excluding carboxylic acids is 2. The molecule has 3 aliphatic rings. The smallest absolute Gasteiger partial charge is 0.455 e. The number of nitrogens with one attached hydrogen (secondary N) is 1. The van der Waals surface area contributed by atoms with E-state index in [-0.39, 0.29) is 23.8 Å². The normalized spacial score (nSPS) is 23.1. The molecule has 0 radical (unpaired) electrons. The molecule has 3 N–H and O–H groups in total. The maximum Gasteiger partial charge on any atom is 0.455 e. The number of phenolic OH excluding ortho intramolecular Hbond substituents is 1. The Bertz CT molecular complexity index is 1660. The summed E-state index contributed by atoms with van der Waals surface area (Å²) in [4.78, 5) is 29.4. The number of rotatable bonds is 9. The molecule has 2 amide bonds. The van der Waals surface area contributed by atoms with Crippen molar-refractivity contribution in [1.82, 2.24) is 0 Å². The quantitative estimate of drug-likeness (QED) is 0.129. The van der Waals surface area contributed by atoms with Crippen molar-refractivity contribution in [2.75, 3.05) is 10.2 Å². The summed E-state index contributed by atoms with van der Waals surface area (Å²) in [6.07, 6.45) is 5.88. The molecule has 2 heterocycles. The first-order valence-electron chi connectivity index (χ1n) is 16.5. The Balaban J connectivity index is 1.23. The summed E-state index contributed by atoms with van der Waals surface area (Å²) in [6, 6.07) is 21.2. The van der Waals surface area contributed by atoms with Crippen molar-refractivity contribution in [2.45, 2.75) is 72.2 Å². The van der Waals surface area contributed by atoms with Crippen LogP contribution < -0.4 is 10.2 Å². The van der Waals surface area contributed by atoms with Crippen LogP contribution in [0.2, 0.25) is 6.32 Å². The lowest BCUT2D eigenvalue weighted by molar-refractivity contribution is -0.122. The molecule has 46 heavy (non-hydrogen) atoms. The van der Waals surface area contributed by atoms with E-state index < -0.39 is 19.0 Å². The van der Waals surface area contributed by atoms with Crippen molar-refractivity contribution in [3.8, 4) is 5.75 Å². The number of aromatic hydroxyl groups is 1. The van der Waals surface area contributed by atoms with Gasteiger partial charge in [0.1, 0.15) is 5.75 Å². The van der Waals surface area contributed by atoms with Gasteiger partial charge in [-0.3, -0.25) is 14.5 Å². The van der Waals surface area contributed by atoms with Crippen molar-refractivity contribution < 1.29 is 24.4 Å². The van der Waals surface area contributed by atoms with E-state index in [0.717, 1.165) is 52.9 Å². The molecule has 0 aromatic heterocycles. The number of fused-ring (bicyclic) bond motifs is 3. The summed E-state index contributed by atoms with van der Waals surface area (Å²) in [5, 5.41) is 24.4. The number of imide groups is 1. The highest BCUT2D eigenvalue weighted by molar-refractivity contribution is 6.43. The SMILES string of the molecule is CCCC1=C2[C@@H](CC/C(C)=C/c3cc(C)c(O)c(C)c3)OB(O)C[C@@H]2[C@@H]2C(=O)N(c3ccc(Nc4ccccc4)cc3)C(=O)[C@@H]2C1.